The van der Waals surface area contributed by atoms with E-state index in [1.807, 2.05) is 9.58 Å². The normalized spacial score (nSPS) is 19.7. The van der Waals surface area contributed by atoms with Crippen molar-refractivity contribution >= 4 is 23.4 Å². The van der Waals surface area contributed by atoms with Crippen molar-refractivity contribution in [2.45, 2.75) is 19.4 Å². The van der Waals surface area contributed by atoms with Gasteiger partial charge in [0, 0.05) is 51.0 Å². The number of piperazine rings is 1. The molecule has 1 atom stereocenters. The van der Waals surface area contributed by atoms with Gasteiger partial charge in [-0.1, -0.05) is 11.6 Å². The number of carbonyl (C=O) groups excluding carboxylic acids is 2. The number of carbonyl (C=O) groups is 2. The van der Waals surface area contributed by atoms with Gasteiger partial charge in [-0.3, -0.25) is 14.3 Å². The van der Waals surface area contributed by atoms with Gasteiger partial charge in [-0.2, -0.15) is 5.10 Å². The zero-order valence-electron chi connectivity index (χ0n) is 16.5. The molecule has 2 aromatic heterocycles. The summed E-state index contributed by atoms with van der Waals surface area (Å²) in [5.41, 5.74) is 2.18. The third-order valence-corrected chi connectivity index (χ3v) is 5.95. The van der Waals surface area contributed by atoms with E-state index in [1.54, 1.807) is 18.3 Å². The number of pyridine rings is 1. The largest absolute Gasteiger partial charge is 0.352 e. The van der Waals surface area contributed by atoms with Crippen LogP contribution in [0.15, 0.2) is 24.5 Å². The lowest BCUT2D eigenvalue weighted by molar-refractivity contribution is 0.0661. The van der Waals surface area contributed by atoms with Gasteiger partial charge in [-0.15, -0.1) is 0 Å². The second kappa shape index (κ2) is 8.51. The average molecular weight is 417 g/mol. The Hall–Kier alpha value is -2.45. The summed E-state index contributed by atoms with van der Waals surface area (Å²) in [6.07, 6.45) is 4.86. The maximum atomic E-state index is 13.0. The fourth-order valence-corrected chi connectivity index (χ4v) is 4.09. The molecule has 2 aliphatic rings. The van der Waals surface area contributed by atoms with Crippen molar-refractivity contribution in [3.8, 4) is 0 Å². The number of hydrogen-bond acceptors (Lipinski definition) is 5. The fourth-order valence-electron chi connectivity index (χ4n) is 3.91. The highest BCUT2D eigenvalue weighted by atomic mass is 35.5. The summed E-state index contributed by atoms with van der Waals surface area (Å²) in [5.74, 6) is 0.164. The molecule has 9 heteroatoms. The SMILES string of the molecule is CN1CCN(C(=O)c2cnn3c2C[C@H](CNC(=O)c2ccnc(Cl)c2)CC3)CC1. The highest BCUT2D eigenvalue weighted by Crippen LogP contribution is 2.24. The number of nitrogens with zero attached hydrogens (tertiary/aromatic N) is 5. The number of aromatic nitrogens is 3. The standard InChI is InChI=1S/C20H25ClN6O2/c1-25-6-8-26(9-7-25)20(29)16-13-24-27-5-3-14(10-17(16)27)12-23-19(28)15-2-4-22-18(21)11-15/h2,4,11,13-14H,3,5-10,12H2,1H3,(H,23,28)/t14-/m1/s1. The van der Waals surface area contributed by atoms with Gasteiger partial charge in [0.2, 0.25) is 0 Å². The van der Waals surface area contributed by atoms with Crippen LogP contribution in [0.4, 0.5) is 0 Å². The molecule has 1 saturated heterocycles. The molecule has 8 nitrogen and oxygen atoms in total. The lowest BCUT2D eigenvalue weighted by Gasteiger charge is -2.32. The molecule has 2 aromatic rings. The van der Waals surface area contributed by atoms with Crippen LogP contribution < -0.4 is 5.32 Å². The summed E-state index contributed by atoms with van der Waals surface area (Å²) in [4.78, 5) is 33.4. The Morgan fingerprint density at radius 1 is 1.24 bits per heavy atom. The van der Waals surface area contributed by atoms with Crippen molar-refractivity contribution in [3.63, 3.8) is 0 Å². The van der Waals surface area contributed by atoms with Crippen LogP contribution in [0, 0.1) is 5.92 Å². The third kappa shape index (κ3) is 4.43. The van der Waals surface area contributed by atoms with E-state index in [0.717, 1.165) is 51.3 Å². The van der Waals surface area contributed by atoms with Gasteiger partial charge < -0.3 is 15.1 Å². The highest BCUT2D eigenvalue weighted by molar-refractivity contribution is 6.29. The van der Waals surface area contributed by atoms with Crippen LogP contribution in [-0.4, -0.2) is 76.2 Å². The van der Waals surface area contributed by atoms with Crippen LogP contribution in [0.25, 0.3) is 0 Å². The zero-order valence-corrected chi connectivity index (χ0v) is 17.2. The van der Waals surface area contributed by atoms with Crippen molar-refractivity contribution in [1.82, 2.24) is 29.9 Å². The van der Waals surface area contributed by atoms with E-state index in [-0.39, 0.29) is 17.7 Å². The number of likely N-dealkylation sites (N-methyl/N-ethyl adjacent to an activating group) is 1. The molecule has 1 N–H and O–H groups in total. The first-order valence-corrected chi connectivity index (χ1v) is 10.3. The Morgan fingerprint density at radius 2 is 2.03 bits per heavy atom. The van der Waals surface area contributed by atoms with Crippen molar-refractivity contribution in [1.29, 1.82) is 0 Å². The van der Waals surface area contributed by atoms with E-state index in [0.29, 0.717) is 22.8 Å². The predicted molar refractivity (Wildman–Crippen MR) is 109 cm³/mol. The van der Waals surface area contributed by atoms with Crippen LogP contribution >= 0.6 is 11.6 Å². The second-order valence-corrected chi connectivity index (χ2v) is 8.15. The minimum atomic E-state index is -0.165. The lowest BCUT2D eigenvalue weighted by Crippen LogP contribution is -2.47. The molecule has 0 aromatic carbocycles. The van der Waals surface area contributed by atoms with Gasteiger partial charge in [0.05, 0.1) is 17.5 Å². The van der Waals surface area contributed by atoms with E-state index in [1.165, 1.54) is 6.20 Å². The van der Waals surface area contributed by atoms with E-state index < -0.39 is 0 Å². The molecule has 0 spiro atoms. The summed E-state index contributed by atoms with van der Waals surface area (Å²) >= 11 is 5.86. The highest BCUT2D eigenvalue weighted by Gasteiger charge is 2.29. The molecule has 4 heterocycles. The Kier molecular flexibility index (Phi) is 5.82. The molecule has 0 unspecified atom stereocenters. The van der Waals surface area contributed by atoms with Gasteiger partial charge in [0.25, 0.3) is 11.8 Å². The lowest BCUT2D eigenvalue weighted by atomic mass is 9.94. The van der Waals surface area contributed by atoms with E-state index in [4.69, 9.17) is 11.6 Å². The molecule has 0 aliphatic carbocycles. The Balaban J connectivity index is 1.39. The minimum absolute atomic E-state index is 0.0652. The Morgan fingerprint density at radius 3 is 2.79 bits per heavy atom. The summed E-state index contributed by atoms with van der Waals surface area (Å²) in [6.45, 7) is 4.58. The van der Waals surface area contributed by atoms with E-state index in [9.17, 15) is 9.59 Å². The maximum Gasteiger partial charge on any atom is 0.257 e. The molecule has 2 amide bonds. The van der Waals surface area contributed by atoms with Crippen LogP contribution in [0.3, 0.4) is 0 Å². The monoisotopic (exact) mass is 416 g/mol. The summed E-state index contributed by atoms with van der Waals surface area (Å²) in [6, 6.07) is 3.20. The van der Waals surface area contributed by atoms with Crippen molar-refractivity contribution in [2.24, 2.45) is 5.92 Å². The van der Waals surface area contributed by atoms with Gasteiger partial charge in [-0.25, -0.2) is 4.98 Å². The quantitative estimate of drug-likeness (QED) is 0.760. The molecule has 29 heavy (non-hydrogen) atoms. The molecule has 0 radical (unpaired) electrons. The Bertz CT molecular complexity index is 906. The summed E-state index contributed by atoms with van der Waals surface area (Å²) in [5, 5.41) is 7.70. The first-order valence-electron chi connectivity index (χ1n) is 9.93. The number of amides is 2. The molecule has 0 bridgehead atoms. The number of rotatable bonds is 4. The van der Waals surface area contributed by atoms with E-state index in [2.05, 4.69) is 27.3 Å². The topological polar surface area (TPSA) is 83.4 Å². The zero-order chi connectivity index (χ0) is 20.4. The number of halogens is 1. The maximum absolute atomic E-state index is 13.0. The molecule has 154 valence electrons. The average Bonchev–Trinajstić information content (AvgIpc) is 3.15. The first-order chi connectivity index (χ1) is 14.0. The molecule has 1 fully saturated rings. The summed E-state index contributed by atoms with van der Waals surface area (Å²) in [7, 11) is 2.07. The third-order valence-electron chi connectivity index (χ3n) is 5.74. The number of hydrogen-bond donors (Lipinski definition) is 1. The minimum Gasteiger partial charge on any atom is -0.352 e. The van der Waals surface area contributed by atoms with Gasteiger partial charge in [0.1, 0.15) is 5.15 Å². The van der Waals surface area contributed by atoms with Crippen LogP contribution in [0.1, 0.15) is 32.8 Å². The van der Waals surface area contributed by atoms with E-state index >= 15 is 0 Å². The van der Waals surface area contributed by atoms with Crippen LogP contribution in [0.2, 0.25) is 5.15 Å². The fraction of sp³-hybridized carbons (Fsp3) is 0.500. The van der Waals surface area contributed by atoms with Gasteiger partial charge in [0.15, 0.2) is 0 Å². The van der Waals surface area contributed by atoms with Crippen LogP contribution in [0.5, 0.6) is 0 Å². The van der Waals surface area contributed by atoms with Crippen molar-refractivity contribution < 1.29 is 9.59 Å². The Labute approximate surface area is 174 Å². The predicted octanol–water partition coefficient (Wildman–Crippen LogP) is 1.31. The molecular weight excluding hydrogens is 392 g/mol. The van der Waals surface area contributed by atoms with Gasteiger partial charge in [-0.05, 0) is 37.9 Å². The first kappa shape index (κ1) is 19.8. The molecular formula is C20H25ClN6O2. The number of nitrogens with one attached hydrogen (secondary N) is 1. The van der Waals surface area contributed by atoms with Crippen molar-refractivity contribution in [3.05, 3.63) is 46.5 Å². The summed E-state index contributed by atoms with van der Waals surface area (Å²) < 4.78 is 1.93. The second-order valence-electron chi connectivity index (χ2n) is 7.76. The molecule has 4 rings (SSSR count). The molecule has 0 saturated carbocycles. The molecule has 2 aliphatic heterocycles. The smallest absolute Gasteiger partial charge is 0.257 e. The van der Waals surface area contributed by atoms with Crippen molar-refractivity contribution in [2.75, 3.05) is 39.8 Å². The number of fused-ring (bicyclic) bond motifs is 1. The number of aryl methyl sites for hydroxylation is 1. The van der Waals surface area contributed by atoms with Gasteiger partial charge >= 0.3 is 0 Å². The van der Waals surface area contributed by atoms with Crippen LogP contribution in [-0.2, 0) is 13.0 Å².